The van der Waals surface area contributed by atoms with E-state index in [2.05, 4.69) is 15.3 Å². The second-order valence-electron chi connectivity index (χ2n) is 4.80. The molecule has 1 aromatic heterocycles. The number of rotatable bonds is 6. The van der Waals surface area contributed by atoms with E-state index in [0.717, 1.165) is 23.1 Å². The fourth-order valence-corrected chi connectivity index (χ4v) is 2.66. The summed E-state index contributed by atoms with van der Waals surface area (Å²) in [7, 11) is 0. The predicted octanol–water partition coefficient (Wildman–Crippen LogP) is 3.47. The number of aromatic nitrogens is 1. The van der Waals surface area contributed by atoms with E-state index >= 15 is 0 Å². The number of guanidine groups is 1. The first-order valence-corrected chi connectivity index (χ1v) is 7.92. The molecule has 0 aliphatic rings. The van der Waals surface area contributed by atoms with Crippen molar-refractivity contribution >= 4 is 41.3 Å². The molecular formula is C15H18F3IN4S. The molecule has 0 bridgehead atoms. The Balaban J connectivity index is 0.00000288. The van der Waals surface area contributed by atoms with Crippen molar-refractivity contribution in [3.63, 3.8) is 0 Å². The molecule has 0 atom stereocenters. The van der Waals surface area contributed by atoms with E-state index in [-0.39, 0.29) is 29.9 Å². The van der Waals surface area contributed by atoms with Crippen molar-refractivity contribution in [3.8, 4) is 0 Å². The molecule has 0 spiro atoms. The van der Waals surface area contributed by atoms with E-state index in [0.29, 0.717) is 24.5 Å². The van der Waals surface area contributed by atoms with E-state index < -0.39 is 11.9 Å². The van der Waals surface area contributed by atoms with E-state index in [1.54, 1.807) is 0 Å². The molecule has 1 heterocycles. The number of aliphatic imine (C=N–C) groups is 1. The van der Waals surface area contributed by atoms with Gasteiger partial charge in [0.15, 0.2) is 11.7 Å². The van der Waals surface area contributed by atoms with E-state index in [1.165, 1.54) is 5.56 Å². The summed E-state index contributed by atoms with van der Waals surface area (Å²) in [4.78, 5) is 7.63. The van der Waals surface area contributed by atoms with Gasteiger partial charge in [0.25, 0.3) is 0 Å². The highest BCUT2D eigenvalue weighted by Gasteiger charge is 2.33. The predicted molar refractivity (Wildman–Crippen MR) is 101 cm³/mol. The van der Waals surface area contributed by atoms with Crippen LogP contribution in [0.4, 0.5) is 13.2 Å². The van der Waals surface area contributed by atoms with Crippen molar-refractivity contribution in [1.82, 2.24) is 10.3 Å². The molecule has 2 aromatic rings. The van der Waals surface area contributed by atoms with E-state index in [9.17, 15) is 13.2 Å². The highest BCUT2D eigenvalue weighted by atomic mass is 127. The van der Waals surface area contributed by atoms with Crippen molar-refractivity contribution in [2.45, 2.75) is 19.0 Å². The molecular weight excluding hydrogens is 452 g/mol. The van der Waals surface area contributed by atoms with Crippen molar-refractivity contribution in [2.24, 2.45) is 10.7 Å². The number of nitrogens with one attached hydrogen (secondary N) is 1. The van der Waals surface area contributed by atoms with Crippen molar-refractivity contribution in [3.05, 3.63) is 52.0 Å². The van der Waals surface area contributed by atoms with Crippen LogP contribution in [0.2, 0.25) is 0 Å². The summed E-state index contributed by atoms with van der Waals surface area (Å²) in [5.74, 6) is 0.286. The van der Waals surface area contributed by atoms with Gasteiger partial charge in [-0.3, -0.25) is 4.99 Å². The zero-order valence-electron chi connectivity index (χ0n) is 12.7. The van der Waals surface area contributed by atoms with Gasteiger partial charge < -0.3 is 11.1 Å². The molecule has 0 unspecified atom stereocenters. The number of halogens is 4. The summed E-state index contributed by atoms with van der Waals surface area (Å²) >= 11 is 0.982. The van der Waals surface area contributed by atoms with Crippen LogP contribution < -0.4 is 11.1 Å². The molecule has 0 saturated carbocycles. The van der Waals surface area contributed by atoms with Gasteiger partial charge in [-0.25, -0.2) is 4.98 Å². The molecule has 0 aliphatic heterocycles. The quantitative estimate of drug-likeness (QED) is 0.386. The van der Waals surface area contributed by atoms with Crippen LogP contribution in [0.1, 0.15) is 16.3 Å². The lowest BCUT2D eigenvalue weighted by Gasteiger charge is -2.05. The summed E-state index contributed by atoms with van der Waals surface area (Å²) in [5, 5.41) is 4.39. The van der Waals surface area contributed by atoms with Crippen LogP contribution in [0.15, 0.2) is 40.7 Å². The molecule has 0 fully saturated rings. The van der Waals surface area contributed by atoms with Crippen molar-refractivity contribution in [2.75, 3.05) is 13.1 Å². The molecule has 24 heavy (non-hydrogen) atoms. The van der Waals surface area contributed by atoms with Gasteiger partial charge >= 0.3 is 6.18 Å². The van der Waals surface area contributed by atoms with Crippen LogP contribution in [0.5, 0.6) is 0 Å². The SMILES string of the molecule is I.NC(=NCCc1nc(C(F)(F)F)cs1)NCCc1ccccc1. The minimum absolute atomic E-state index is 0. The molecule has 4 nitrogen and oxygen atoms in total. The maximum atomic E-state index is 12.4. The Labute approximate surface area is 159 Å². The van der Waals surface area contributed by atoms with Gasteiger partial charge in [-0.05, 0) is 12.0 Å². The molecule has 132 valence electrons. The summed E-state index contributed by atoms with van der Waals surface area (Å²) in [6, 6.07) is 9.94. The van der Waals surface area contributed by atoms with E-state index in [4.69, 9.17) is 5.73 Å². The number of benzene rings is 1. The Hall–Kier alpha value is -1.36. The smallest absolute Gasteiger partial charge is 0.370 e. The number of nitrogens with two attached hydrogens (primary N) is 1. The summed E-state index contributed by atoms with van der Waals surface area (Å²) in [5.41, 5.74) is 6.06. The highest BCUT2D eigenvalue weighted by Crippen LogP contribution is 2.30. The lowest BCUT2D eigenvalue weighted by molar-refractivity contribution is -0.140. The molecule has 3 N–H and O–H groups in total. The third kappa shape index (κ3) is 7.04. The summed E-state index contributed by atoms with van der Waals surface area (Å²) in [6.07, 6.45) is -3.24. The highest BCUT2D eigenvalue weighted by molar-refractivity contribution is 14.0. The van der Waals surface area contributed by atoms with Crippen LogP contribution >= 0.6 is 35.3 Å². The molecule has 9 heteroatoms. The van der Waals surface area contributed by atoms with Gasteiger partial charge in [-0.15, -0.1) is 35.3 Å². The normalized spacial score (nSPS) is 11.9. The topological polar surface area (TPSA) is 63.3 Å². The third-order valence-corrected chi connectivity index (χ3v) is 3.92. The van der Waals surface area contributed by atoms with Gasteiger partial charge in [0.1, 0.15) is 0 Å². The molecule has 0 aliphatic carbocycles. The van der Waals surface area contributed by atoms with Crippen LogP contribution in [0.25, 0.3) is 0 Å². The fraction of sp³-hybridized carbons (Fsp3) is 0.333. The Morgan fingerprint density at radius 2 is 1.92 bits per heavy atom. The van der Waals surface area contributed by atoms with Gasteiger partial charge in [0.05, 0.1) is 5.01 Å². The maximum Gasteiger partial charge on any atom is 0.434 e. The van der Waals surface area contributed by atoms with Crippen LogP contribution in [-0.4, -0.2) is 24.0 Å². The monoisotopic (exact) mass is 470 g/mol. The zero-order valence-corrected chi connectivity index (χ0v) is 15.9. The second kappa shape index (κ2) is 9.82. The molecule has 0 saturated heterocycles. The number of hydrogen-bond donors (Lipinski definition) is 2. The Kier molecular flexibility index (Phi) is 8.46. The first-order valence-electron chi connectivity index (χ1n) is 7.04. The number of nitrogens with zero attached hydrogens (tertiary/aromatic N) is 2. The average molecular weight is 470 g/mol. The van der Waals surface area contributed by atoms with Crippen molar-refractivity contribution < 1.29 is 13.2 Å². The van der Waals surface area contributed by atoms with Gasteiger partial charge in [0, 0.05) is 24.9 Å². The lowest BCUT2D eigenvalue weighted by Crippen LogP contribution is -2.33. The Morgan fingerprint density at radius 1 is 1.21 bits per heavy atom. The minimum Gasteiger partial charge on any atom is -0.370 e. The maximum absolute atomic E-state index is 12.4. The Bertz CT molecular complexity index is 644. The number of thiazole rings is 1. The standard InChI is InChI=1S/C15H17F3N4S.HI/c16-15(17,18)12-10-23-13(22-12)7-9-21-14(19)20-8-6-11-4-2-1-3-5-11;/h1-5,10H,6-9H2,(H3,19,20,21);1H. The largest absolute Gasteiger partial charge is 0.434 e. The second-order valence-corrected chi connectivity index (χ2v) is 5.75. The third-order valence-electron chi connectivity index (χ3n) is 3.01. The first kappa shape index (κ1) is 20.7. The molecule has 0 amide bonds. The lowest BCUT2D eigenvalue weighted by atomic mass is 10.1. The summed E-state index contributed by atoms with van der Waals surface area (Å²) < 4.78 is 37.3. The molecule has 0 radical (unpaired) electrons. The van der Waals surface area contributed by atoms with Gasteiger partial charge in [-0.2, -0.15) is 13.2 Å². The number of hydrogen-bond acceptors (Lipinski definition) is 3. The molecule has 2 rings (SSSR count). The molecule has 1 aromatic carbocycles. The number of alkyl halides is 3. The van der Waals surface area contributed by atoms with Gasteiger partial charge in [-0.1, -0.05) is 30.3 Å². The minimum atomic E-state index is -4.39. The first-order chi connectivity index (χ1) is 10.9. The van der Waals surface area contributed by atoms with Crippen LogP contribution in [0, 0.1) is 0 Å². The van der Waals surface area contributed by atoms with Gasteiger partial charge in [0.2, 0.25) is 0 Å². The van der Waals surface area contributed by atoms with Crippen LogP contribution in [0.3, 0.4) is 0 Å². The fourth-order valence-electron chi connectivity index (χ4n) is 1.86. The summed E-state index contributed by atoms with van der Waals surface area (Å²) in [6.45, 7) is 0.948. The van der Waals surface area contributed by atoms with Crippen molar-refractivity contribution in [1.29, 1.82) is 0 Å². The average Bonchev–Trinajstić information content (AvgIpc) is 2.97. The zero-order chi connectivity index (χ0) is 16.7. The Morgan fingerprint density at radius 3 is 2.54 bits per heavy atom. The van der Waals surface area contributed by atoms with E-state index in [1.807, 2.05) is 30.3 Å². The van der Waals surface area contributed by atoms with Crippen LogP contribution in [-0.2, 0) is 19.0 Å².